The van der Waals surface area contributed by atoms with Crippen molar-refractivity contribution in [2.24, 2.45) is 0 Å². The molecule has 1 N–H and O–H groups in total. The predicted octanol–water partition coefficient (Wildman–Crippen LogP) is 19.9. The average molecular weight is 1030 g/mol. The molecule has 0 spiro atoms. The minimum atomic E-state index is -4.28. The fraction of sp³-hybridized carbons (Fsp3) is 0.919. The van der Waals surface area contributed by atoms with Gasteiger partial charge in [0.15, 0.2) is 0 Å². The molecule has 0 heterocycles. The highest BCUT2D eigenvalue weighted by Gasteiger charge is 2.26. The number of carbonyl (C=O) groups excluding carboxylic acids is 1. The summed E-state index contributed by atoms with van der Waals surface area (Å²) in [5, 5.41) is 0. The van der Waals surface area contributed by atoms with Crippen molar-refractivity contribution in [1.29, 1.82) is 0 Å². The van der Waals surface area contributed by atoms with E-state index in [-0.39, 0.29) is 25.8 Å². The lowest BCUT2D eigenvalue weighted by Gasteiger charge is -2.24. The SMILES string of the molecule is CCCCCCC/C=C\C/C=C\CCCCCCCCCCCCCCCCOCC(COP(=O)(O)OCC[N+](C)(C)C)OC(=O)CCCCCCCCCCCCCCCCCCCCCCCCC. The van der Waals surface area contributed by atoms with E-state index in [1.807, 2.05) is 21.1 Å². The van der Waals surface area contributed by atoms with Crippen molar-refractivity contribution in [2.75, 3.05) is 54.1 Å². The van der Waals surface area contributed by atoms with E-state index in [1.165, 1.54) is 250 Å². The molecule has 422 valence electrons. The molecule has 0 aromatic rings. The highest BCUT2D eigenvalue weighted by Crippen LogP contribution is 2.43. The lowest BCUT2D eigenvalue weighted by molar-refractivity contribution is -0.870. The molecule has 0 rings (SSSR count). The zero-order valence-corrected chi connectivity index (χ0v) is 49.1. The van der Waals surface area contributed by atoms with Crippen LogP contribution in [0.1, 0.15) is 309 Å². The number of esters is 1. The quantitative estimate of drug-likeness (QED) is 0.0213. The fourth-order valence-electron chi connectivity index (χ4n) is 9.24. The van der Waals surface area contributed by atoms with Crippen molar-refractivity contribution >= 4 is 13.8 Å². The number of phosphoric ester groups is 1. The molecule has 0 saturated heterocycles. The normalized spacial score (nSPS) is 13.5. The number of ether oxygens (including phenoxy) is 2. The third-order valence-electron chi connectivity index (χ3n) is 14.0. The summed E-state index contributed by atoms with van der Waals surface area (Å²) in [6.07, 6.45) is 68.3. The maximum atomic E-state index is 12.8. The van der Waals surface area contributed by atoms with Gasteiger partial charge < -0.3 is 18.9 Å². The number of hydrogen-bond acceptors (Lipinski definition) is 6. The summed E-state index contributed by atoms with van der Waals surface area (Å²) in [4.78, 5) is 23.1. The molecular formula is C62H123NO7P+. The van der Waals surface area contributed by atoms with E-state index in [9.17, 15) is 14.3 Å². The highest BCUT2D eigenvalue weighted by molar-refractivity contribution is 7.47. The van der Waals surface area contributed by atoms with Crippen LogP contribution in [0.15, 0.2) is 24.3 Å². The van der Waals surface area contributed by atoms with Crippen LogP contribution in [0.2, 0.25) is 0 Å². The summed E-state index contributed by atoms with van der Waals surface area (Å²) in [6, 6.07) is 0. The lowest BCUT2D eigenvalue weighted by atomic mass is 10.0. The molecule has 2 unspecified atom stereocenters. The largest absolute Gasteiger partial charge is 0.472 e. The highest BCUT2D eigenvalue weighted by atomic mass is 31.2. The topological polar surface area (TPSA) is 91.3 Å². The van der Waals surface area contributed by atoms with E-state index >= 15 is 0 Å². The van der Waals surface area contributed by atoms with Crippen molar-refractivity contribution in [3.8, 4) is 0 Å². The first-order valence-electron chi connectivity index (χ1n) is 31.1. The molecule has 0 fully saturated rings. The lowest BCUT2D eigenvalue weighted by Crippen LogP contribution is -2.37. The molecule has 0 aromatic carbocycles. The van der Waals surface area contributed by atoms with Crippen LogP contribution in [0, 0.1) is 0 Å². The van der Waals surface area contributed by atoms with Gasteiger partial charge in [0.05, 0.1) is 34.4 Å². The smallest absolute Gasteiger partial charge is 0.457 e. The van der Waals surface area contributed by atoms with Gasteiger partial charge in [-0.1, -0.05) is 282 Å². The van der Waals surface area contributed by atoms with E-state index < -0.39 is 13.9 Å². The first kappa shape index (κ1) is 70.0. The van der Waals surface area contributed by atoms with E-state index in [0.29, 0.717) is 24.1 Å². The second-order valence-corrected chi connectivity index (χ2v) is 23.9. The van der Waals surface area contributed by atoms with Gasteiger partial charge in [0.25, 0.3) is 0 Å². The standard InChI is InChI=1S/C62H122NO7P/c1-6-8-10-12-14-16-18-20-22-24-26-28-30-31-32-34-36-38-40-42-44-46-48-50-52-54-57-67-59-61(60-69-71(65,66)68-58-56-63(3,4)5)70-62(64)55-53-51-49-47-45-43-41-39-37-35-33-29-27-25-23-21-19-17-15-13-11-9-7-2/h18,20,24,26,61H,6-17,19,21-23,25,27-60H2,1-5H3/p+1/b20-18-,26-24-. The molecule has 0 amide bonds. The van der Waals surface area contributed by atoms with Crippen LogP contribution in [0.25, 0.3) is 0 Å². The van der Waals surface area contributed by atoms with Gasteiger partial charge in [-0.15, -0.1) is 0 Å². The van der Waals surface area contributed by atoms with Crippen LogP contribution >= 0.6 is 7.82 Å². The van der Waals surface area contributed by atoms with Crippen LogP contribution < -0.4 is 0 Å². The molecule has 0 bridgehead atoms. The van der Waals surface area contributed by atoms with Crippen molar-refractivity contribution in [1.82, 2.24) is 0 Å². The van der Waals surface area contributed by atoms with Crippen LogP contribution in [0.5, 0.6) is 0 Å². The van der Waals surface area contributed by atoms with Gasteiger partial charge in [-0.2, -0.15) is 0 Å². The molecule has 8 nitrogen and oxygen atoms in total. The van der Waals surface area contributed by atoms with E-state index in [0.717, 1.165) is 38.5 Å². The molecular weight excluding hydrogens is 902 g/mol. The Labute approximate surface area is 443 Å². The number of unbranched alkanes of at least 4 members (excludes halogenated alkanes) is 41. The van der Waals surface area contributed by atoms with E-state index in [1.54, 1.807) is 0 Å². The summed E-state index contributed by atoms with van der Waals surface area (Å²) >= 11 is 0. The Kier molecular flexibility index (Phi) is 54.4. The fourth-order valence-corrected chi connectivity index (χ4v) is 9.98. The van der Waals surface area contributed by atoms with E-state index in [4.69, 9.17) is 18.5 Å². The molecule has 71 heavy (non-hydrogen) atoms. The number of allylic oxidation sites excluding steroid dienone is 4. The van der Waals surface area contributed by atoms with Gasteiger partial charge in [0, 0.05) is 13.0 Å². The van der Waals surface area contributed by atoms with Crippen LogP contribution in [-0.4, -0.2) is 75.6 Å². The predicted molar refractivity (Wildman–Crippen MR) is 307 cm³/mol. The van der Waals surface area contributed by atoms with Crippen LogP contribution in [0.4, 0.5) is 0 Å². The molecule has 0 aromatic heterocycles. The third kappa shape index (κ3) is 59.7. The number of rotatable bonds is 59. The summed E-state index contributed by atoms with van der Waals surface area (Å²) in [7, 11) is 1.69. The Bertz CT molecular complexity index is 1190. The van der Waals surface area contributed by atoms with Gasteiger partial charge in [-0.05, 0) is 44.9 Å². The Morgan fingerprint density at radius 2 is 0.775 bits per heavy atom. The monoisotopic (exact) mass is 1020 g/mol. The Hall–Kier alpha value is -1.02. The molecule has 0 aliphatic rings. The van der Waals surface area contributed by atoms with Gasteiger partial charge in [-0.3, -0.25) is 13.8 Å². The minimum Gasteiger partial charge on any atom is -0.457 e. The summed E-state index contributed by atoms with van der Waals surface area (Å²) in [6.45, 7) is 5.69. The summed E-state index contributed by atoms with van der Waals surface area (Å²) in [5.74, 6) is -0.305. The van der Waals surface area contributed by atoms with Crippen molar-refractivity contribution in [2.45, 2.75) is 315 Å². The van der Waals surface area contributed by atoms with Crippen molar-refractivity contribution < 1.29 is 37.3 Å². The summed E-state index contributed by atoms with van der Waals surface area (Å²) < 4.78 is 35.3. The number of hydrogen-bond donors (Lipinski definition) is 1. The number of carbonyl (C=O) groups is 1. The maximum Gasteiger partial charge on any atom is 0.472 e. The molecule has 0 radical (unpaired) electrons. The maximum absolute atomic E-state index is 12.8. The van der Waals surface area contributed by atoms with Crippen molar-refractivity contribution in [3.05, 3.63) is 24.3 Å². The second-order valence-electron chi connectivity index (χ2n) is 22.4. The number of likely N-dealkylation sites (N-methyl/N-ethyl adjacent to an activating group) is 1. The Morgan fingerprint density at radius 3 is 1.14 bits per heavy atom. The molecule has 9 heteroatoms. The molecule has 0 saturated carbocycles. The second kappa shape index (κ2) is 55.2. The Morgan fingerprint density at radius 1 is 0.437 bits per heavy atom. The number of nitrogens with zero attached hydrogens (tertiary/aromatic N) is 1. The zero-order chi connectivity index (χ0) is 51.9. The number of quaternary nitrogens is 1. The van der Waals surface area contributed by atoms with Crippen LogP contribution in [-0.2, 0) is 27.9 Å². The summed E-state index contributed by atoms with van der Waals surface area (Å²) in [5.41, 5.74) is 0. The van der Waals surface area contributed by atoms with Gasteiger partial charge in [-0.25, -0.2) is 4.57 Å². The molecule has 0 aliphatic heterocycles. The van der Waals surface area contributed by atoms with Crippen LogP contribution in [0.3, 0.4) is 0 Å². The zero-order valence-electron chi connectivity index (χ0n) is 48.2. The third-order valence-corrected chi connectivity index (χ3v) is 15.0. The molecule has 0 aliphatic carbocycles. The van der Waals surface area contributed by atoms with Gasteiger partial charge in [0.2, 0.25) is 0 Å². The first-order chi connectivity index (χ1) is 34.6. The van der Waals surface area contributed by atoms with E-state index in [2.05, 4.69) is 38.2 Å². The van der Waals surface area contributed by atoms with Gasteiger partial charge >= 0.3 is 13.8 Å². The first-order valence-corrected chi connectivity index (χ1v) is 32.6. The average Bonchev–Trinajstić information content (AvgIpc) is 3.33. The van der Waals surface area contributed by atoms with Crippen molar-refractivity contribution in [3.63, 3.8) is 0 Å². The molecule has 2 atom stereocenters. The Balaban J connectivity index is 3.99. The van der Waals surface area contributed by atoms with Gasteiger partial charge in [0.1, 0.15) is 19.3 Å². The number of phosphoric acid groups is 1. The minimum absolute atomic E-state index is 0.0919.